The molecular weight excluding hydrogens is 260 g/mol. The molecule has 19 heavy (non-hydrogen) atoms. The molecule has 0 bridgehead atoms. The van der Waals surface area contributed by atoms with Crippen molar-refractivity contribution in [2.45, 2.75) is 19.8 Å². The fourth-order valence-electron chi connectivity index (χ4n) is 1.66. The lowest BCUT2D eigenvalue weighted by Crippen LogP contribution is -2.10. The van der Waals surface area contributed by atoms with Crippen molar-refractivity contribution in [3.8, 4) is 11.5 Å². The molecule has 0 spiro atoms. The van der Waals surface area contributed by atoms with E-state index in [2.05, 4.69) is 0 Å². The van der Waals surface area contributed by atoms with Gasteiger partial charge in [-0.1, -0.05) is 12.1 Å². The van der Waals surface area contributed by atoms with Crippen molar-refractivity contribution in [1.82, 2.24) is 0 Å². The van der Waals surface area contributed by atoms with Gasteiger partial charge in [0.05, 0.1) is 13.0 Å². The fourth-order valence-corrected chi connectivity index (χ4v) is 2.37. The molecule has 100 valence electrons. The minimum absolute atomic E-state index is 0.238. The van der Waals surface area contributed by atoms with Crippen molar-refractivity contribution in [2.24, 2.45) is 0 Å². The van der Waals surface area contributed by atoms with E-state index in [0.29, 0.717) is 30.9 Å². The third-order valence-electron chi connectivity index (χ3n) is 2.57. The molecule has 1 aromatic carbocycles. The van der Waals surface area contributed by atoms with Crippen LogP contribution in [0.15, 0.2) is 41.1 Å². The Balaban J connectivity index is 1.91. The monoisotopic (exact) mass is 276 g/mol. The summed E-state index contributed by atoms with van der Waals surface area (Å²) < 4.78 is 10.7. The minimum Gasteiger partial charge on any atom is -0.490 e. The topological polar surface area (TPSA) is 35.5 Å². The first-order valence-corrected chi connectivity index (χ1v) is 7.17. The molecule has 1 heterocycles. The molecule has 0 fully saturated rings. The first-order valence-electron chi connectivity index (χ1n) is 6.23. The Hall–Kier alpha value is -1.81. The summed E-state index contributed by atoms with van der Waals surface area (Å²) in [4.78, 5) is 11.8. The Bertz CT molecular complexity index is 520. The van der Waals surface area contributed by atoms with Gasteiger partial charge in [0.2, 0.25) is 0 Å². The van der Waals surface area contributed by atoms with Gasteiger partial charge in [-0.25, -0.2) is 0 Å². The van der Waals surface area contributed by atoms with Crippen LogP contribution in [-0.2, 0) is 11.2 Å². The quantitative estimate of drug-likeness (QED) is 0.596. The Kier molecular flexibility index (Phi) is 4.98. The summed E-state index contributed by atoms with van der Waals surface area (Å²) in [5.41, 5.74) is 1.17. The Labute approximate surface area is 116 Å². The van der Waals surface area contributed by atoms with Gasteiger partial charge in [-0.05, 0) is 47.9 Å². The van der Waals surface area contributed by atoms with E-state index < -0.39 is 0 Å². The number of carbonyl (C=O) groups excluding carboxylic acids is 1. The molecule has 0 N–H and O–H groups in total. The van der Waals surface area contributed by atoms with Gasteiger partial charge >= 0.3 is 5.97 Å². The molecule has 2 rings (SSSR count). The number of benzene rings is 1. The predicted molar refractivity (Wildman–Crippen MR) is 75.9 cm³/mol. The van der Waals surface area contributed by atoms with Gasteiger partial charge in [-0.2, -0.15) is 11.3 Å². The van der Waals surface area contributed by atoms with E-state index in [-0.39, 0.29) is 5.97 Å². The van der Waals surface area contributed by atoms with Crippen LogP contribution in [0, 0.1) is 0 Å². The first-order chi connectivity index (χ1) is 9.29. The smallest absolute Gasteiger partial charge is 0.311 e. The number of ether oxygens (including phenoxy) is 2. The van der Waals surface area contributed by atoms with Crippen LogP contribution in [0.5, 0.6) is 11.5 Å². The number of rotatable bonds is 6. The van der Waals surface area contributed by atoms with E-state index in [1.54, 1.807) is 23.5 Å². The third kappa shape index (κ3) is 4.10. The summed E-state index contributed by atoms with van der Waals surface area (Å²) in [5, 5.41) is 4.05. The highest BCUT2D eigenvalue weighted by Crippen LogP contribution is 2.26. The number of hydrogen-bond donors (Lipinski definition) is 0. The summed E-state index contributed by atoms with van der Waals surface area (Å²) in [6.07, 6.45) is 1.08. The Morgan fingerprint density at radius 1 is 1.21 bits per heavy atom. The molecule has 0 saturated carbocycles. The lowest BCUT2D eigenvalue weighted by atomic mass is 10.2. The molecule has 3 nitrogen and oxygen atoms in total. The number of carbonyl (C=O) groups is 1. The molecule has 0 aliphatic carbocycles. The number of hydrogen-bond acceptors (Lipinski definition) is 4. The second kappa shape index (κ2) is 6.95. The van der Waals surface area contributed by atoms with E-state index in [0.717, 1.165) is 0 Å². The van der Waals surface area contributed by atoms with Gasteiger partial charge in [-0.15, -0.1) is 0 Å². The van der Waals surface area contributed by atoms with Gasteiger partial charge < -0.3 is 9.47 Å². The van der Waals surface area contributed by atoms with Crippen molar-refractivity contribution in [3.05, 3.63) is 46.7 Å². The van der Waals surface area contributed by atoms with Gasteiger partial charge in [0, 0.05) is 0 Å². The zero-order chi connectivity index (χ0) is 13.5. The summed E-state index contributed by atoms with van der Waals surface area (Å²) in [6, 6.07) is 9.24. The number of thiophene rings is 1. The third-order valence-corrected chi connectivity index (χ3v) is 3.30. The van der Waals surface area contributed by atoms with Crippen molar-refractivity contribution < 1.29 is 14.3 Å². The molecular formula is C15H16O3S. The standard InChI is InChI=1S/C15H16O3S/c1-2-17-13-5-3-4-6-14(13)18-15(16)8-7-12-9-10-19-11-12/h3-6,9-11H,2,7-8H2,1H3. The second-order valence-corrected chi connectivity index (χ2v) is 4.77. The molecule has 0 radical (unpaired) electrons. The number of aryl methyl sites for hydroxylation is 1. The van der Waals surface area contributed by atoms with Crippen LogP contribution in [-0.4, -0.2) is 12.6 Å². The molecule has 0 unspecified atom stereocenters. The summed E-state index contributed by atoms with van der Waals surface area (Å²) in [5.74, 6) is 0.854. The van der Waals surface area contributed by atoms with E-state index in [1.165, 1.54) is 5.56 Å². The molecule has 0 aliphatic rings. The Morgan fingerprint density at radius 2 is 2.00 bits per heavy atom. The van der Waals surface area contributed by atoms with E-state index in [4.69, 9.17) is 9.47 Å². The van der Waals surface area contributed by atoms with Crippen LogP contribution < -0.4 is 9.47 Å². The highest BCUT2D eigenvalue weighted by atomic mass is 32.1. The highest BCUT2D eigenvalue weighted by molar-refractivity contribution is 7.07. The summed E-state index contributed by atoms with van der Waals surface area (Å²) in [6.45, 7) is 2.44. The molecule has 4 heteroatoms. The zero-order valence-electron chi connectivity index (χ0n) is 10.8. The number of esters is 1. The average molecular weight is 276 g/mol. The number of para-hydroxylation sites is 2. The van der Waals surface area contributed by atoms with Crippen LogP contribution >= 0.6 is 11.3 Å². The minimum atomic E-state index is -0.238. The van der Waals surface area contributed by atoms with Crippen LogP contribution in [0.4, 0.5) is 0 Å². The average Bonchev–Trinajstić information content (AvgIpc) is 2.92. The van der Waals surface area contributed by atoms with Gasteiger partial charge in [-0.3, -0.25) is 4.79 Å². The SMILES string of the molecule is CCOc1ccccc1OC(=O)CCc1ccsc1. The maximum absolute atomic E-state index is 11.8. The molecule has 0 aliphatic heterocycles. The van der Waals surface area contributed by atoms with Crippen molar-refractivity contribution >= 4 is 17.3 Å². The van der Waals surface area contributed by atoms with Crippen molar-refractivity contribution in [3.63, 3.8) is 0 Å². The van der Waals surface area contributed by atoms with E-state index in [9.17, 15) is 4.79 Å². The van der Waals surface area contributed by atoms with Gasteiger partial charge in [0.1, 0.15) is 0 Å². The first kappa shape index (κ1) is 13.6. The lowest BCUT2D eigenvalue weighted by Gasteiger charge is -2.09. The van der Waals surface area contributed by atoms with E-state index in [1.807, 2.05) is 35.9 Å². The van der Waals surface area contributed by atoms with Crippen LogP contribution in [0.3, 0.4) is 0 Å². The maximum atomic E-state index is 11.8. The van der Waals surface area contributed by atoms with Gasteiger partial charge in [0.25, 0.3) is 0 Å². The summed E-state index contributed by atoms with van der Waals surface area (Å²) >= 11 is 1.63. The highest BCUT2D eigenvalue weighted by Gasteiger charge is 2.09. The maximum Gasteiger partial charge on any atom is 0.311 e. The van der Waals surface area contributed by atoms with Crippen molar-refractivity contribution in [2.75, 3.05) is 6.61 Å². The van der Waals surface area contributed by atoms with Crippen LogP contribution in [0.1, 0.15) is 18.9 Å². The Morgan fingerprint density at radius 3 is 2.68 bits per heavy atom. The summed E-state index contributed by atoms with van der Waals surface area (Å²) in [7, 11) is 0. The van der Waals surface area contributed by atoms with E-state index >= 15 is 0 Å². The van der Waals surface area contributed by atoms with Gasteiger partial charge in [0.15, 0.2) is 11.5 Å². The molecule has 0 atom stereocenters. The molecule has 0 amide bonds. The molecule has 2 aromatic rings. The second-order valence-electron chi connectivity index (χ2n) is 3.99. The van der Waals surface area contributed by atoms with Crippen LogP contribution in [0.2, 0.25) is 0 Å². The van der Waals surface area contributed by atoms with Crippen molar-refractivity contribution in [1.29, 1.82) is 0 Å². The normalized spacial score (nSPS) is 10.2. The van der Waals surface area contributed by atoms with Crippen LogP contribution in [0.25, 0.3) is 0 Å². The fraction of sp³-hybridized carbons (Fsp3) is 0.267. The largest absolute Gasteiger partial charge is 0.490 e. The zero-order valence-corrected chi connectivity index (χ0v) is 11.6. The lowest BCUT2D eigenvalue weighted by molar-refractivity contribution is -0.134. The molecule has 0 saturated heterocycles. The predicted octanol–water partition coefficient (Wildman–Crippen LogP) is 3.69. The molecule has 1 aromatic heterocycles.